The van der Waals surface area contributed by atoms with E-state index in [0.717, 1.165) is 17.6 Å². The average molecular weight is 275 g/mol. The van der Waals surface area contributed by atoms with E-state index in [1.165, 1.54) is 33.2 Å². The van der Waals surface area contributed by atoms with Gasteiger partial charge in [-0.3, -0.25) is 0 Å². The van der Waals surface area contributed by atoms with Crippen LogP contribution in [-0.4, -0.2) is 4.98 Å². The Kier molecular flexibility index (Phi) is 3.50. The van der Waals surface area contributed by atoms with Crippen LogP contribution < -0.4 is 0 Å². The quantitative estimate of drug-likeness (QED) is 0.611. The minimum atomic E-state index is 1.03. The Morgan fingerprint density at radius 2 is 1.52 bits per heavy atom. The summed E-state index contributed by atoms with van der Waals surface area (Å²) in [4.78, 5) is 4.92. The first kappa shape index (κ1) is 13.8. The fraction of sp³-hybridized carbons (Fsp3) is 0.250. The summed E-state index contributed by atoms with van der Waals surface area (Å²) in [6.45, 7) is 8.68. The highest BCUT2D eigenvalue weighted by Crippen LogP contribution is 2.30. The lowest BCUT2D eigenvalue weighted by Crippen LogP contribution is -1.97. The van der Waals surface area contributed by atoms with Crippen LogP contribution in [0.4, 0.5) is 0 Å². The van der Waals surface area contributed by atoms with Crippen LogP contribution >= 0.6 is 0 Å². The highest BCUT2D eigenvalue weighted by atomic mass is 14.7. The number of rotatable bonds is 2. The summed E-state index contributed by atoms with van der Waals surface area (Å²) < 4.78 is 0. The molecular formula is C20H21N. The SMILES string of the molecule is CCc1c(C)c(-c2ccc(C)cc2)nc2ccc(C)cc12. The van der Waals surface area contributed by atoms with Gasteiger partial charge in [0, 0.05) is 10.9 Å². The molecule has 0 spiro atoms. The van der Waals surface area contributed by atoms with Crippen LogP contribution in [0.25, 0.3) is 22.2 Å². The van der Waals surface area contributed by atoms with Crippen molar-refractivity contribution < 1.29 is 0 Å². The van der Waals surface area contributed by atoms with Crippen molar-refractivity contribution in [3.8, 4) is 11.3 Å². The predicted molar refractivity (Wildman–Crippen MR) is 90.8 cm³/mol. The highest BCUT2D eigenvalue weighted by Gasteiger charge is 2.12. The molecule has 0 atom stereocenters. The fourth-order valence-corrected chi connectivity index (χ4v) is 2.99. The third-order valence-electron chi connectivity index (χ3n) is 4.20. The van der Waals surface area contributed by atoms with Gasteiger partial charge in [0.15, 0.2) is 0 Å². The Morgan fingerprint density at radius 3 is 2.19 bits per heavy atom. The number of pyridine rings is 1. The summed E-state index contributed by atoms with van der Waals surface area (Å²) in [6, 6.07) is 15.2. The summed E-state index contributed by atoms with van der Waals surface area (Å²) in [5, 5.41) is 1.30. The van der Waals surface area contributed by atoms with E-state index in [1.807, 2.05) is 0 Å². The van der Waals surface area contributed by atoms with E-state index in [-0.39, 0.29) is 0 Å². The molecule has 0 amide bonds. The van der Waals surface area contributed by atoms with Gasteiger partial charge < -0.3 is 0 Å². The second kappa shape index (κ2) is 5.33. The first-order chi connectivity index (χ1) is 10.1. The van der Waals surface area contributed by atoms with E-state index in [0.29, 0.717) is 0 Å². The van der Waals surface area contributed by atoms with Crippen molar-refractivity contribution in [3.63, 3.8) is 0 Å². The summed E-state index contributed by atoms with van der Waals surface area (Å²) in [6.07, 6.45) is 1.03. The summed E-state index contributed by atoms with van der Waals surface area (Å²) in [7, 11) is 0. The molecule has 1 aromatic heterocycles. The van der Waals surface area contributed by atoms with Gasteiger partial charge in [-0.15, -0.1) is 0 Å². The Morgan fingerprint density at radius 1 is 0.857 bits per heavy atom. The second-order valence-corrected chi connectivity index (χ2v) is 5.80. The largest absolute Gasteiger partial charge is 0.247 e. The maximum Gasteiger partial charge on any atom is 0.0741 e. The average Bonchev–Trinajstić information content (AvgIpc) is 2.48. The van der Waals surface area contributed by atoms with Crippen molar-refractivity contribution in [1.82, 2.24) is 4.98 Å². The van der Waals surface area contributed by atoms with Crippen LogP contribution in [0.5, 0.6) is 0 Å². The zero-order valence-corrected chi connectivity index (χ0v) is 13.2. The predicted octanol–water partition coefficient (Wildman–Crippen LogP) is 5.39. The molecule has 1 nitrogen and oxygen atoms in total. The molecule has 2 aromatic carbocycles. The van der Waals surface area contributed by atoms with Crippen molar-refractivity contribution in [2.45, 2.75) is 34.1 Å². The van der Waals surface area contributed by atoms with Gasteiger partial charge in [0.25, 0.3) is 0 Å². The molecule has 3 rings (SSSR count). The van der Waals surface area contributed by atoms with Crippen LogP contribution in [0.3, 0.4) is 0 Å². The summed E-state index contributed by atoms with van der Waals surface area (Å²) >= 11 is 0. The smallest absolute Gasteiger partial charge is 0.0741 e. The van der Waals surface area contributed by atoms with Gasteiger partial charge in [0.1, 0.15) is 0 Å². The van der Waals surface area contributed by atoms with Crippen LogP contribution in [0, 0.1) is 20.8 Å². The molecule has 1 heterocycles. The fourth-order valence-electron chi connectivity index (χ4n) is 2.99. The van der Waals surface area contributed by atoms with Gasteiger partial charge in [0.05, 0.1) is 11.2 Å². The maximum atomic E-state index is 4.92. The number of fused-ring (bicyclic) bond motifs is 1. The Hall–Kier alpha value is -2.15. The molecule has 0 aliphatic rings. The Balaban J connectivity index is 2.31. The van der Waals surface area contributed by atoms with Gasteiger partial charge in [-0.25, -0.2) is 4.98 Å². The number of hydrogen-bond acceptors (Lipinski definition) is 1. The van der Waals surface area contributed by atoms with E-state index >= 15 is 0 Å². The van der Waals surface area contributed by atoms with E-state index < -0.39 is 0 Å². The molecule has 0 N–H and O–H groups in total. The monoisotopic (exact) mass is 275 g/mol. The van der Waals surface area contributed by atoms with Crippen molar-refractivity contribution in [3.05, 3.63) is 64.7 Å². The molecule has 0 saturated heterocycles. The number of aryl methyl sites for hydroxylation is 3. The molecule has 0 unspecified atom stereocenters. The van der Waals surface area contributed by atoms with Gasteiger partial charge in [-0.05, 0) is 50.5 Å². The van der Waals surface area contributed by atoms with Gasteiger partial charge in [-0.1, -0.05) is 48.4 Å². The first-order valence-corrected chi connectivity index (χ1v) is 7.57. The van der Waals surface area contributed by atoms with Crippen LogP contribution in [-0.2, 0) is 6.42 Å². The van der Waals surface area contributed by atoms with Crippen LogP contribution in [0.1, 0.15) is 29.2 Å². The van der Waals surface area contributed by atoms with Crippen LogP contribution in [0.2, 0.25) is 0 Å². The van der Waals surface area contributed by atoms with Crippen molar-refractivity contribution >= 4 is 10.9 Å². The number of hydrogen-bond donors (Lipinski definition) is 0. The number of benzene rings is 2. The molecule has 0 bridgehead atoms. The topological polar surface area (TPSA) is 12.9 Å². The molecule has 21 heavy (non-hydrogen) atoms. The molecule has 0 radical (unpaired) electrons. The molecular weight excluding hydrogens is 254 g/mol. The zero-order valence-electron chi connectivity index (χ0n) is 13.2. The first-order valence-electron chi connectivity index (χ1n) is 7.57. The van der Waals surface area contributed by atoms with Crippen LogP contribution in [0.15, 0.2) is 42.5 Å². The van der Waals surface area contributed by atoms with Gasteiger partial charge >= 0.3 is 0 Å². The lowest BCUT2D eigenvalue weighted by Gasteiger charge is -2.14. The maximum absolute atomic E-state index is 4.92. The lowest BCUT2D eigenvalue weighted by atomic mass is 9.95. The van der Waals surface area contributed by atoms with Crippen molar-refractivity contribution in [1.29, 1.82) is 0 Å². The molecule has 106 valence electrons. The van der Waals surface area contributed by atoms with Crippen molar-refractivity contribution in [2.75, 3.05) is 0 Å². The van der Waals surface area contributed by atoms with Crippen molar-refractivity contribution in [2.24, 2.45) is 0 Å². The molecule has 1 heteroatoms. The number of nitrogens with zero attached hydrogens (tertiary/aromatic N) is 1. The summed E-state index contributed by atoms with van der Waals surface area (Å²) in [5.41, 5.74) is 8.71. The van der Waals surface area contributed by atoms with Gasteiger partial charge in [0.2, 0.25) is 0 Å². The third-order valence-corrected chi connectivity index (χ3v) is 4.20. The normalized spacial score (nSPS) is 11.0. The molecule has 3 aromatic rings. The third kappa shape index (κ3) is 2.44. The molecule has 0 aliphatic heterocycles. The Bertz CT molecular complexity index is 798. The highest BCUT2D eigenvalue weighted by molar-refractivity contribution is 5.87. The van der Waals surface area contributed by atoms with E-state index in [4.69, 9.17) is 4.98 Å². The second-order valence-electron chi connectivity index (χ2n) is 5.80. The van der Waals surface area contributed by atoms with Gasteiger partial charge in [-0.2, -0.15) is 0 Å². The van der Waals surface area contributed by atoms with E-state index in [1.54, 1.807) is 0 Å². The Labute approximate surface area is 126 Å². The van der Waals surface area contributed by atoms with E-state index in [2.05, 4.69) is 70.2 Å². The zero-order chi connectivity index (χ0) is 15.0. The molecule has 0 aliphatic carbocycles. The minimum Gasteiger partial charge on any atom is -0.247 e. The molecule has 0 fully saturated rings. The minimum absolute atomic E-state index is 1.03. The summed E-state index contributed by atoms with van der Waals surface area (Å²) in [5.74, 6) is 0. The molecule has 0 saturated carbocycles. The lowest BCUT2D eigenvalue weighted by molar-refractivity contribution is 1.11. The standard InChI is InChI=1S/C20H21N/c1-5-17-15(4)20(16-9-6-13(2)7-10-16)21-19-11-8-14(3)12-18(17)19/h6-12H,5H2,1-4H3. The van der Waals surface area contributed by atoms with E-state index in [9.17, 15) is 0 Å². The number of aromatic nitrogens is 1.